The number of nitrogens with zero attached hydrogens (tertiary/aromatic N) is 1. The molecule has 5 heteroatoms. The molecule has 0 saturated heterocycles. The van der Waals surface area contributed by atoms with Gasteiger partial charge >= 0.3 is 0 Å². The molecule has 1 aromatic carbocycles. The molecule has 106 valence electrons. The summed E-state index contributed by atoms with van der Waals surface area (Å²) in [7, 11) is 0. The van der Waals surface area contributed by atoms with Gasteiger partial charge in [0.05, 0.1) is 0 Å². The molecule has 2 N–H and O–H groups in total. The first kappa shape index (κ1) is 13.3. The van der Waals surface area contributed by atoms with Gasteiger partial charge in [0.1, 0.15) is 11.4 Å². The highest BCUT2D eigenvalue weighted by molar-refractivity contribution is 6.45. The Bertz CT molecular complexity index is 697. The molecule has 5 nitrogen and oxygen atoms in total. The normalized spacial score (nSPS) is 17.0. The predicted octanol–water partition coefficient (Wildman–Crippen LogP) is 1.72. The van der Waals surface area contributed by atoms with Crippen LogP contribution in [0.25, 0.3) is 0 Å². The number of benzene rings is 1. The van der Waals surface area contributed by atoms with Gasteiger partial charge in [0.25, 0.3) is 11.8 Å². The summed E-state index contributed by atoms with van der Waals surface area (Å²) in [6.07, 6.45) is 4.16. The molecule has 1 aromatic rings. The topological polar surface area (TPSA) is 70.6 Å². The number of hydrogen-bond acceptors (Lipinski definition) is 3. The fraction of sp³-hybridized carbons (Fsp3) is 0.188. The minimum absolute atomic E-state index is 0.243. The molecule has 0 fully saturated rings. The second kappa shape index (κ2) is 5.36. The number of hydrogen-bond donors (Lipinski definition) is 2. The van der Waals surface area contributed by atoms with E-state index in [1.54, 1.807) is 0 Å². The number of dihydropyridines is 2. The van der Waals surface area contributed by atoms with Crippen molar-refractivity contribution in [2.45, 2.75) is 13.3 Å². The first-order chi connectivity index (χ1) is 10.1. The van der Waals surface area contributed by atoms with Gasteiger partial charge in [-0.05, 0) is 24.6 Å². The average Bonchev–Trinajstić information content (AvgIpc) is 2.49. The van der Waals surface area contributed by atoms with E-state index in [1.807, 2.05) is 43.3 Å². The number of allylic oxidation sites excluding steroid dienone is 2. The summed E-state index contributed by atoms with van der Waals surface area (Å²) in [5.41, 5.74) is 3.37. The van der Waals surface area contributed by atoms with Crippen molar-refractivity contribution in [1.82, 2.24) is 5.32 Å². The zero-order valence-electron chi connectivity index (χ0n) is 11.6. The maximum atomic E-state index is 12.2. The van der Waals surface area contributed by atoms with Crippen LogP contribution >= 0.6 is 0 Å². The lowest BCUT2D eigenvalue weighted by atomic mass is 9.99. The fourth-order valence-corrected chi connectivity index (χ4v) is 2.29. The Morgan fingerprint density at radius 3 is 2.81 bits per heavy atom. The van der Waals surface area contributed by atoms with Crippen LogP contribution in [0.15, 0.2) is 52.7 Å². The molecule has 0 aromatic heterocycles. The summed E-state index contributed by atoms with van der Waals surface area (Å²) in [6.45, 7) is 2.59. The van der Waals surface area contributed by atoms with Gasteiger partial charge in [0.15, 0.2) is 0 Å². The quantitative estimate of drug-likeness (QED) is 0.867. The molecule has 0 radical (unpaired) electrons. The lowest BCUT2D eigenvalue weighted by Gasteiger charge is -2.20. The summed E-state index contributed by atoms with van der Waals surface area (Å²) in [5.74, 6) is -0.715. The summed E-state index contributed by atoms with van der Waals surface area (Å²) < 4.78 is 0. The SMILES string of the molecule is Cc1ccc(NC(=O)C2=NC(=O)C3=C(C=CCN3)C2)cc1. The van der Waals surface area contributed by atoms with E-state index in [1.165, 1.54) is 0 Å². The van der Waals surface area contributed by atoms with E-state index < -0.39 is 0 Å². The van der Waals surface area contributed by atoms with Gasteiger partial charge in [-0.25, -0.2) is 4.99 Å². The smallest absolute Gasteiger partial charge is 0.293 e. The Labute approximate surface area is 122 Å². The lowest BCUT2D eigenvalue weighted by Crippen LogP contribution is -2.33. The van der Waals surface area contributed by atoms with Crippen molar-refractivity contribution in [3.63, 3.8) is 0 Å². The molecule has 0 bridgehead atoms. The molecule has 0 saturated carbocycles. The van der Waals surface area contributed by atoms with Crippen LogP contribution in [0, 0.1) is 6.92 Å². The van der Waals surface area contributed by atoms with Crippen LogP contribution in [0.1, 0.15) is 12.0 Å². The molecular weight excluding hydrogens is 266 g/mol. The van der Waals surface area contributed by atoms with Crippen LogP contribution in [0.3, 0.4) is 0 Å². The number of anilines is 1. The van der Waals surface area contributed by atoms with Crippen LogP contribution in [-0.2, 0) is 9.59 Å². The summed E-state index contributed by atoms with van der Waals surface area (Å²) in [6, 6.07) is 7.48. The van der Waals surface area contributed by atoms with Crippen molar-refractivity contribution >= 4 is 23.2 Å². The first-order valence-electron chi connectivity index (χ1n) is 6.77. The number of carbonyl (C=O) groups excluding carboxylic acids is 2. The monoisotopic (exact) mass is 281 g/mol. The van der Waals surface area contributed by atoms with Crippen molar-refractivity contribution < 1.29 is 9.59 Å². The molecule has 2 aliphatic rings. The van der Waals surface area contributed by atoms with Gasteiger partial charge in [0, 0.05) is 18.7 Å². The summed E-state index contributed by atoms with van der Waals surface area (Å²) in [5, 5.41) is 5.76. The largest absolute Gasteiger partial charge is 0.377 e. The van der Waals surface area contributed by atoms with E-state index in [9.17, 15) is 9.59 Å². The van der Waals surface area contributed by atoms with Gasteiger partial charge in [-0.15, -0.1) is 0 Å². The highest BCUT2D eigenvalue weighted by Crippen LogP contribution is 2.20. The van der Waals surface area contributed by atoms with Gasteiger partial charge in [-0.2, -0.15) is 0 Å². The number of aliphatic imine (C=N–C) groups is 1. The van der Waals surface area contributed by atoms with Gasteiger partial charge in [-0.1, -0.05) is 29.8 Å². The van der Waals surface area contributed by atoms with Crippen LogP contribution in [-0.4, -0.2) is 24.1 Å². The van der Waals surface area contributed by atoms with Crippen molar-refractivity contribution in [2.24, 2.45) is 4.99 Å². The standard InChI is InChI=1S/C16H15N3O2/c1-10-4-6-12(7-5-10)18-15(20)13-9-11-3-2-8-17-14(11)16(21)19-13/h2-7,17H,8-9H2,1H3,(H,18,20). The number of aryl methyl sites for hydroxylation is 1. The number of nitrogens with one attached hydrogen (secondary N) is 2. The van der Waals surface area contributed by atoms with Gasteiger partial charge in [0.2, 0.25) is 0 Å². The third-order valence-corrected chi connectivity index (χ3v) is 3.42. The second-order valence-electron chi connectivity index (χ2n) is 5.04. The zero-order valence-corrected chi connectivity index (χ0v) is 11.6. The van der Waals surface area contributed by atoms with Crippen LogP contribution in [0.5, 0.6) is 0 Å². The van der Waals surface area contributed by atoms with Crippen LogP contribution < -0.4 is 10.6 Å². The average molecular weight is 281 g/mol. The minimum Gasteiger partial charge on any atom is -0.377 e. The first-order valence-corrected chi connectivity index (χ1v) is 6.77. The third kappa shape index (κ3) is 2.76. The van der Waals surface area contributed by atoms with E-state index in [4.69, 9.17) is 0 Å². The lowest BCUT2D eigenvalue weighted by molar-refractivity contribution is -0.115. The molecule has 0 unspecified atom stereocenters. The molecule has 0 spiro atoms. The summed E-state index contributed by atoms with van der Waals surface area (Å²) >= 11 is 0. The van der Waals surface area contributed by atoms with Crippen LogP contribution in [0.2, 0.25) is 0 Å². The minimum atomic E-state index is -0.380. The maximum absolute atomic E-state index is 12.2. The Kier molecular flexibility index (Phi) is 3.39. The molecule has 3 rings (SSSR count). The van der Waals surface area contributed by atoms with E-state index in [-0.39, 0.29) is 17.5 Å². The number of rotatable bonds is 2. The van der Waals surface area contributed by atoms with E-state index in [0.29, 0.717) is 24.4 Å². The van der Waals surface area contributed by atoms with E-state index >= 15 is 0 Å². The van der Waals surface area contributed by atoms with E-state index in [0.717, 1.165) is 11.1 Å². The highest BCUT2D eigenvalue weighted by atomic mass is 16.2. The molecule has 0 atom stereocenters. The zero-order chi connectivity index (χ0) is 14.8. The number of amides is 2. The van der Waals surface area contributed by atoms with Crippen molar-refractivity contribution in [1.29, 1.82) is 0 Å². The van der Waals surface area contributed by atoms with Crippen molar-refractivity contribution in [2.75, 3.05) is 11.9 Å². The molecular formula is C16H15N3O2. The molecule has 2 amide bonds. The Morgan fingerprint density at radius 2 is 2.05 bits per heavy atom. The molecule has 2 aliphatic heterocycles. The third-order valence-electron chi connectivity index (χ3n) is 3.42. The van der Waals surface area contributed by atoms with Crippen molar-refractivity contribution in [3.05, 3.63) is 53.3 Å². The molecule has 21 heavy (non-hydrogen) atoms. The summed E-state index contributed by atoms with van der Waals surface area (Å²) in [4.78, 5) is 28.0. The van der Waals surface area contributed by atoms with Gasteiger partial charge < -0.3 is 10.6 Å². The predicted molar refractivity (Wildman–Crippen MR) is 81.0 cm³/mol. The van der Waals surface area contributed by atoms with Crippen LogP contribution in [0.4, 0.5) is 5.69 Å². The maximum Gasteiger partial charge on any atom is 0.293 e. The Balaban J connectivity index is 1.75. The van der Waals surface area contributed by atoms with Gasteiger partial charge in [-0.3, -0.25) is 9.59 Å². The Hall–Kier alpha value is -2.69. The fourth-order valence-electron chi connectivity index (χ4n) is 2.29. The number of carbonyl (C=O) groups is 2. The van der Waals surface area contributed by atoms with E-state index in [2.05, 4.69) is 15.6 Å². The molecule has 0 aliphatic carbocycles. The second-order valence-corrected chi connectivity index (χ2v) is 5.04. The highest BCUT2D eigenvalue weighted by Gasteiger charge is 2.26. The van der Waals surface area contributed by atoms with Crippen molar-refractivity contribution in [3.8, 4) is 0 Å². The molecule has 2 heterocycles. The Morgan fingerprint density at radius 1 is 1.29 bits per heavy atom.